The minimum Gasteiger partial charge on any atom is -0.465 e. The number of pyridine rings is 1. The van der Waals surface area contributed by atoms with Crippen LogP contribution in [0.15, 0.2) is 45.7 Å². The molecule has 1 aliphatic rings. The molecule has 29 heavy (non-hydrogen) atoms. The van der Waals surface area contributed by atoms with Crippen molar-refractivity contribution in [2.75, 3.05) is 25.0 Å². The second-order valence-electron chi connectivity index (χ2n) is 7.46. The minimum absolute atomic E-state index is 0.142. The molecule has 4 heterocycles. The number of nitrogens with one attached hydrogen (secondary N) is 2. The van der Waals surface area contributed by atoms with Crippen LogP contribution in [0.25, 0.3) is 11.4 Å². The summed E-state index contributed by atoms with van der Waals surface area (Å²) in [6.45, 7) is 6.86. The Morgan fingerprint density at radius 3 is 2.72 bits per heavy atom. The standard InChI is InChI=1S/C22H27N5O2/c1-3-17-12-21(28)26-22(25-17)16-7-9-20(23-13-16)24-14-18(27-10-4-5-11-27)19-8-6-15(2)29-19/h6-9,12-13,18H,3-5,10-11,14H2,1-2H3,(H,23,24)(H,25,26,28). The number of anilines is 1. The smallest absolute Gasteiger partial charge is 0.251 e. The Balaban J connectivity index is 1.47. The largest absolute Gasteiger partial charge is 0.465 e. The first-order chi connectivity index (χ1) is 14.1. The molecular formula is C22H27N5O2. The van der Waals surface area contributed by atoms with E-state index in [0.717, 1.165) is 48.2 Å². The Hall–Kier alpha value is -2.93. The van der Waals surface area contributed by atoms with E-state index in [-0.39, 0.29) is 11.6 Å². The van der Waals surface area contributed by atoms with Gasteiger partial charge in [0.2, 0.25) is 0 Å². The average Bonchev–Trinajstić information content (AvgIpc) is 3.41. The maximum absolute atomic E-state index is 11.8. The molecule has 1 saturated heterocycles. The van der Waals surface area contributed by atoms with E-state index in [4.69, 9.17) is 4.42 Å². The molecular weight excluding hydrogens is 366 g/mol. The maximum atomic E-state index is 11.8. The van der Waals surface area contributed by atoms with E-state index in [1.54, 1.807) is 6.20 Å². The van der Waals surface area contributed by atoms with Crippen LogP contribution >= 0.6 is 0 Å². The van der Waals surface area contributed by atoms with Crippen molar-refractivity contribution < 1.29 is 4.42 Å². The van der Waals surface area contributed by atoms with E-state index < -0.39 is 0 Å². The number of aromatic nitrogens is 3. The molecule has 0 saturated carbocycles. The number of hydrogen-bond donors (Lipinski definition) is 2. The molecule has 0 bridgehead atoms. The number of aryl methyl sites for hydroxylation is 2. The fourth-order valence-corrected chi connectivity index (χ4v) is 3.76. The predicted molar refractivity (Wildman–Crippen MR) is 113 cm³/mol. The highest BCUT2D eigenvalue weighted by Crippen LogP contribution is 2.27. The Bertz CT molecular complexity index is 1000. The second-order valence-corrected chi connectivity index (χ2v) is 7.46. The molecule has 1 fully saturated rings. The molecule has 1 atom stereocenters. The van der Waals surface area contributed by atoms with Crippen LogP contribution in [-0.4, -0.2) is 39.5 Å². The Morgan fingerprint density at radius 1 is 1.24 bits per heavy atom. The lowest BCUT2D eigenvalue weighted by atomic mass is 10.2. The molecule has 152 valence electrons. The summed E-state index contributed by atoms with van der Waals surface area (Å²) in [6.07, 6.45) is 4.91. The van der Waals surface area contributed by atoms with E-state index in [0.29, 0.717) is 12.2 Å². The van der Waals surface area contributed by atoms with E-state index in [1.807, 2.05) is 32.0 Å². The predicted octanol–water partition coefficient (Wildman–Crippen LogP) is 3.54. The lowest BCUT2D eigenvalue weighted by Crippen LogP contribution is -2.30. The molecule has 7 heteroatoms. The highest BCUT2D eigenvalue weighted by Gasteiger charge is 2.25. The SMILES string of the molecule is CCc1cc(=O)[nH]c(-c2ccc(NCC(c3ccc(C)o3)N3CCCC3)nc2)n1. The zero-order valence-electron chi connectivity index (χ0n) is 16.9. The number of furan rings is 1. The Labute approximate surface area is 170 Å². The molecule has 0 aliphatic carbocycles. The van der Waals surface area contributed by atoms with Crippen molar-refractivity contribution in [2.24, 2.45) is 0 Å². The normalized spacial score (nSPS) is 15.5. The van der Waals surface area contributed by atoms with Crippen molar-refractivity contribution in [2.45, 2.75) is 39.2 Å². The van der Waals surface area contributed by atoms with Crippen LogP contribution in [-0.2, 0) is 6.42 Å². The van der Waals surface area contributed by atoms with Crippen molar-refractivity contribution in [1.29, 1.82) is 0 Å². The molecule has 7 nitrogen and oxygen atoms in total. The maximum Gasteiger partial charge on any atom is 0.251 e. The third-order valence-corrected chi connectivity index (χ3v) is 5.34. The first-order valence-electron chi connectivity index (χ1n) is 10.2. The summed E-state index contributed by atoms with van der Waals surface area (Å²) in [7, 11) is 0. The molecule has 0 amide bonds. The number of likely N-dealkylation sites (tertiary alicyclic amines) is 1. The van der Waals surface area contributed by atoms with Gasteiger partial charge in [0.15, 0.2) is 0 Å². The van der Waals surface area contributed by atoms with Gasteiger partial charge in [0, 0.05) is 30.1 Å². The average molecular weight is 393 g/mol. The second kappa shape index (κ2) is 8.61. The zero-order valence-corrected chi connectivity index (χ0v) is 16.9. The van der Waals surface area contributed by atoms with Crippen molar-refractivity contribution in [3.05, 3.63) is 64.1 Å². The van der Waals surface area contributed by atoms with Gasteiger partial charge in [-0.2, -0.15) is 0 Å². The van der Waals surface area contributed by atoms with Crippen LogP contribution in [0.1, 0.15) is 43.0 Å². The fourth-order valence-electron chi connectivity index (χ4n) is 3.76. The zero-order chi connectivity index (χ0) is 20.2. The van der Waals surface area contributed by atoms with E-state index >= 15 is 0 Å². The highest BCUT2D eigenvalue weighted by atomic mass is 16.3. The van der Waals surface area contributed by atoms with E-state index in [1.165, 1.54) is 18.9 Å². The summed E-state index contributed by atoms with van der Waals surface area (Å²) in [4.78, 5) is 26.1. The third-order valence-electron chi connectivity index (χ3n) is 5.34. The molecule has 3 aromatic heterocycles. The molecule has 3 aromatic rings. The van der Waals surface area contributed by atoms with Crippen LogP contribution < -0.4 is 10.9 Å². The van der Waals surface area contributed by atoms with E-state index in [2.05, 4.69) is 31.2 Å². The summed E-state index contributed by atoms with van der Waals surface area (Å²) < 4.78 is 5.91. The van der Waals surface area contributed by atoms with Gasteiger partial charge in [0.25, 0.3) is 5.56 Å². The van der Waals surface area contributed by atoms with Gasteiger partial charge in [-0.3, -0.25) is 9.69 Å². The minimum atomic E-state index is -0.142. The topological polar surface area (TPSA) is 87.0 Å². The Morgan fingerprint density at radius 2 is 2.07 bits per heavy atom. The van der Waals surface area contributed by atoms with E-state index in [9.17, 15) is 4.79 Å². The first-order valence-corrected chi connectivity index (χ1v) is 10.2. The highest BCUT2D eigenvalue weighted by molar-refractivity contribution is 5.55. The van der Waals surface area contributed by atoms with Crippen molar-refractivity contribution >= 4 is 5.82 Å². The number of H-pyrrole nitrogens is 1. The van der Waals surface area contributed by atoms with Gasteiger partial charge >= 0.3 is 0 Å². The van der Waals surface area contributed by atoms with Gasteiger partial charge in [0.05, 0.1) is 6.04 Å². The number of hydrogen-bond acceptors (Lipinski definition) is 6. The molecule has 4 rings (SSSR count). The van der Waals surface area contributed by atoms with Crippen LogP contribution in [0.4, 0.5) is 5.82 Å². The number of rotatable bonds is 7. The van der Waals surface area contributed by atoms with Gasteiger partial charge in [-0.1, -0.05) is 6.92 Å². The fraction of sp³-hybridized carbons (Fsp3) is 0.409. The molecule has 1 unspecified atom stereocenters. The van der Waals surface area contributed by atoms with Gasteiger partial charge in [-0.25, -0.2) is 9.97 Å². The van der Waals surface area contributed by atoms with Crippen molar-refractivity contribution in [3.63, 3.8) is 0 Å². The Kier molecular flexibility index (Phi) is 5.76. The van der Waals surface area contributed by atoms with Gasteiger partial charge in [0.1, 0.15) is 23.2 Å². The lowest BCUT2D eigenvalue weighted by Gasteiger charge is -2.26. The summed E-state index contributed by atoms with van der Waals surface area (Å²) in [5.41, 5.74) is 1.42. The van der Waals surface area contributed by atoms with Crippen molar-refractivity contribution in [1.82, 2.24) is 19.9 Å². The van der Waals surface area contributed by atoms with Crippen LogP contribution in [0.5, 0.6) is 0 Å². The number of aromatic amines is 1. The summed E-state index contributed by atoms with van der Waals surface area (Å²) in [6, 6.07) is 9.65. The molecule has 0 aromatic carbocycles. The lowest BCUT2D eigenvalue weighted by molar-refractivity contribution is 0.223. The molecule has 0 radical (unpaired) electrons. The van der Waals surface area contributed by atoms with Crippen LogP contribution in [0.3, 0.4) is 0 Å². The monoisotopic (exact) mass is 393 g/mol. The summed E-state index contributed by atoms with van der Waals surface area (Å²) in [5, 5.41) is 3.44. The van der Waals surface area contributed by atoms with Crippen LogP contribution in [0.2, 0.25) is 0 Å². The van der Waals surface area contributed by atoms with Crippen LogP contribution in [0, 0.1) is 6.92 Å². The molecule has 2 N–H and O–H groups in total. The summed E-state index contributed by atoms with van der Waals surface area (Å²) in [5.74, 6) is 3.26. The van der Waals surface area contributed by atoms with Crippen molar-refractivity contribution in [3.8, 4) is 11.4 Å². The van der Waals surface area contributed by atoms with Gasteiger partial charge in [-0.05, 0) is 63.5 Å². The quantitative estimate of drug-likeness (QED) is 0.638. The molecule has 0 spiro atoms. The van der Waals surface area contributed by atoms with Gasteiger partial charge < -0.3 is 14.7 Å². The first kappa shape index (κ1) is 19.4. The number of nitrogens with zero attached hydrogens (tertiary/aromatic N) is 3. The third kappa shape index (κ3) is 4.56. The molecule has 1 aliphatic heterocycles. The summed E-state index contributed by atoms with van der Waals surface area (Å²) >= 11 is 0. The van der Waals surface area contributed by atoms with Gasteiger partial charge in [-0.15, -0.1) is 0 Å².